The summed E-state index contributed by atoms with van der Waals surface area (Å²) < 4.78 is 0. The number of aromatic nitrogens is 2. The number of thiophene rings is 1. The molecule has 1 saturated carbocycles. The maximum atomic E-state index is 12.6. The van der Waals surface area contributed by atoms with Gasteiger partial charge in [0.25, 0.3) is 0 Å². The Labute approximate surface area is 169 Å². The molecule has 0 saturated heterocycles. The van der Waals surface area contributed by atoms with Crippen molar-refractivity contribution in [2.24, 2.45) is 5.92 Å². The zero-order valence-corrected chi connectivity index (χ0v) is 16.5. The first-order chi connectivity index (χ1) is 13.7. The molecule has 1 fully saturated rings. The number of hydrogen-bond donors (Lipinski definition) is 2. The number of nitrogens with zero attached hydrogens (tertiary/aromatic N) is 2. The van der Waals surface area contributed by atoms with Gasteiger partial charge in [0, 0.05) is 17.7 Å². The van der Waals surface area contributed by atoms with Crippen molar-refractivity contribution in [1.82, 2.24) is 9.97 Å². The van der Waals surface area contributed by atoms with Gasteiger partial charge < -0.3 is 11.1 Å². The van der Waals surface area contributed by atoms with Crippen LogP contribution in [0.1, 0.15) is 38.5 Å². The molecular weight excluding hydrogens is 368 g/mol. The fraction of sp³-hybridized carbons (Fsp3) is 0.318. The van der Waals surface area contributed by atoms with Crippen molar-refractivity contribution in [3.63, 3.8) is 0 Å². The van der Waals surface area contributed by atoms with Crippen LogP contribution in [0.4, 0.5) is 11.5 Å². The summed E-state index contributed by atoms with van der Waals surface area (Å²) >= 11 is 1.59. The number of benzene rings is 1. The summed E-state index contributed by atoms with van der Waals surface area (Å²) in [7, 11) is 0. The molecule has 5 nitrogen and oxygen atoms in total. The van der Waals surface area contributed by atoms with Crippen molar-refractivity contribution in [2.75, 3.05) is 11.1 Å². The van der Waals surface area contributed by atoms with Gasteiger partial charge in [0.15, 0.2) is 5.82 Å². The Morgan fingerprint density at radius 1 is 1.14 bits per heavy atom. The molecule has 0 unspecified atom stereocenters. The molecule has 6 heteroatoms. The van der Waals surface area contributed by atoms with E-state index in [4.69, 9.17) is 10.7 Å². The van der Waals surface area contributed by atoms with Crippen molar-refractivity contribution < 1.29 is 4.79 Å². The number of amides is 1. The van der Waals surface area contributed by atoms with Crippen LogP contribution in [0.25, 0.3) is 21.8 Å². The molecule has 144 valence electrons. The molecule has 1 aliphatic carbocycles. The second-order valence-corrected chi connectivity index (χ2v) is 8.26. The summed E-state index contributed by atoms with van der Waals surface area (Å²) in [5, 5.41) is 5.01. The van der Waals surface area contributed by atoms with Crippen LogP contribution in [0.3, 0.4) is 0 Å². The average Bonchev–Trinajstić information content (AvgIpc) is 3.24. The van der Waals surface area contributed by atoms with Gasteiger partial charge >= 0.3 is 0 Å². The highest BCUT2D eigenvalue weighted by Crippen LogP contribution is 2.32. The summed E-state index contributed by atoms with van der Waals surface area (Å²) in [6.07, 6.45) is 8.31. The first kappa shape index (κ1) is 18.6. The lowest BCUT2D eigenvalue weighted by molar-refractivity contribution is -0.117. The van der Waals surface area contributed by atoms with Gasteiger partial charge in [-0.1, -0.05) is 37.5 Å². The Morgan fingerprint density at radius 3 is 2.64 bits per heavy atom. The lowest BCUT2D eigenvalue weighted by Crippen LogP contribution is -2.19. The zero-order valence-electron chi connectivity index (χ0n) is 15.7. The van der Waals surface area contributed by atoms with Crippen LogP contribution in [-0.2, 0) is 4.79 Å². The second kappa shape index (κ2) is 8.52. The number of rotatable bonds is 5. The van der Waals surface area contributed by atoms with Crippen LogP contribution >= 0.6 is 11.3 Å². The number of carbonyl (C=O) groups excluding carboxylic acids is 1. The number of carbonyl (C=O) groups is 1. The summed E-state index contributed by atoms with van der Waals surface area (Å²) in [5.74, 6) is 1.04. The van der Waals surface area contributed by atoms with Crippen molar-refractivity contribution in [3.8, 4) is 21.8 Å². The molecule has 3 N–H and O–H groups in total. The first-order valence-corrected chi connectivity index (χ1v) is 10.6. The predicted molar refractivity (Wildman–Crippen MR) is 115 cm³/mol. The summed E-state index contributed by atoms with van der Waals surface area (Å²) in [6, 6.07) is 11.5. The lowest BCUT2D eigenvalue weighted by atomic mass is 9.87. The fourth-order valence-corrected chi connectivity index (χ4v) is 4.41. The molecule has 1 aromatic carbocycles. The third-order valence-corrected chi connectivity index (χ3v) is 6.07. The number of anilines is 2. The van der Waals surface area contributed by atoms with Gasteiger partial charge in [-0.05, 0) is 42.3 Å². The van der Waals surface area contributed by atoms with Crippen molar-refractivity contribution in [1.29, 1.82) is 0 Å². The molecule has 28 heavy (non-hydrogen) atoms. The Kier molecular flexibility index (Phi) is 5.67. The van der Waals surface area contributed by atoms with E-state index in [1.165, 1.54) is 19.3 Å². The number of hydrogen-bond acceptors (Lipinski definition) is 5. The van der Waals surface area contributed by atoms with E-state index < -0.39 is 0 Å². The van der Waals surface area contributed by atoms with E-state index in [0.29, 0.717) is 29.5 Å². The molecule has 4 rings (SSSR count). The van der Waals surface area contributed by atoms with Crippen molar-refractivity contribution in [3.05, 3.63) is 48.0 Å². The smallest absolute Gasteiger partial charge is 0.225 e. The van der Waals surface area contributed by atoms with Crippen molar-refractivity contribution in [2.45, 2.75) is 38.5 Å². The number of nitrogens with two attached hydrogens (primary N) is 1. The molecule has 0 aliphatic heterocycles. The van der Waals surface area contributed by atoms with Gasteiger partial charge in [-0.15, -0.1) is 11.3 Å². The minimum absolute atomic E-state index is 0.0271. The summed E-state index contributed by atoms with van der Waals surface area (Å²) in [6.45, 7) is 0. The molecule has 2 aromatic heterocycles. The quantitative estimate of drug-likeness (QED) is 0.573. The Balaban J connectivity index is 1.59. The SMILES string of the molecule is Nc1ccc(-c2cnc(NC(=O)CC3CCCCC3)c(-c3cccs3)n2)cc1. The van der Waals surface area contributed by atoms with Crippen LogP contribution < -0.4 is 11.1 Å². The highest BCUT2D eigenvalue weighted by Gasteiger charge is 2.19. The van der Waals surface area contributed by atoms with E-state index >= 15 is 0 Å². The largest absolute Gasteiger partial charge is 0.399 e. The molecule has 1 aliphatic rings. The maximum Gasteiger partial charge on any atom is 0.225 e. The minimum Gasteiger partial charge on any atom is -0.399 e. The Bertz CT molecular complexity index is 932. The highest BCUT2D eigenvalue weighted by atomic mass is 32.1. The van der Waals surface area contributed by atoms with E-state index in [0.717, 1.165) is 29.0 Å². The van der Waals surface area contributed by atoms with E-state index in [9.17, 15) is 4.79 Å². The average molecular weight is 393 g/mol. The van der Waals surface area contributed by atoms with E-state index in [2.05, 4.69) is 10.3 Å². The van der Waals surface area contributed by atoms with Crippen LogP contribution in [0.5, 0.6) is 0 Å². The first-order valence-electron chi connectivity index (χ1n) is 9.76. The summed E-state index contributed by atoms with van der Waals surface area (Å²) in [4.78, 5) is 22.9. The van der Waals surface area contributed by atoms with Crippen LogP contribution in [0, 0.1) is 5.92 Å². The monoisotopic (exact) mass is 392 g/mol. The van der Waals surface area contributed by atoms with Gasteiger partial charge in [0.1, 0.15) is 5.69 Å². The number of nitrogen functional groups attached to an aromatic ring is 1. The van der Waals surface area contributed by atoms with Gasteiger partial charge in [-0.3, -0.25) is 4.79 Å². The molecule has 2 heterocycles. The van der Waals surface area contributed by atoms with Gasteiger partial charge in [-0.25, -0.2) is 9.97 Å². The zero-order chi connectivity index (χ0) is 19.3. The molecule has 0 atom stereocenters. The third kappa shape index (κ3) is 4.39. The normalized spacial score (nSPS) is 14.7. The fourth-order valence-electron chi connectivity index (χ4n) is 3.70. The Hall–Kier alpha value is -2.73. The van der Waals surface area contributed by atoms with Gasteiger partial charge in [-0.2, -0.15) is 0 Å². The molecule has 1 amide bonds. The van der Waals surface area contributed by atoms with Crippen LogP contribution in [0.2, 0.25) is 0 Å². The van der Waals surface area contributed by atoms with Crippen LogP contribution in [-0.4, -0.2) is 15.9 Å². The Morgan fingerprint density at radius 2 is 1.93 bits per heavy atom. The van der Waals surface area contributed by atoms with E-state index in [1.807, 2.05) is 41.8 Å². The molecule has 0 bridgehead atoms. The van der Waals surface area contributed by atoms with Crippen molar-refractivity contribution >= 4 is 28.7 Å². The maximum absolute atomic E-state index is 12.6. The van der Waals surface area contributed by atoms with Gasteiger partial charge in [0.05, 0.1) is 16.8 Å². The topological polar surface area (TPSA) is 80.9 Å². The highest BCUT2D eigenvalue weighted by molar-refractivity contribution is 7.13. The molecule has 0 spiro atoms. The van der Waals surface area contributed by atoms with Gasteiger partial charge in [0.2, 0.25) is 5.91 Å². The molecule has 3 aromatic rings. The minimum atomic E-state index is 0.0271. The van der Waals surface area contributed by atoms with E-state index in [1.54, 1.807) is 17.5 Å². The predicted octanol–water partition coefficient (Wildman–Crippen LogP) is 5.36. The van der Waals surface area contributed by atoms with Crippen LogP contribution in [0.15, 0.2) is 48.0 Å². The number of nitrogens with one attached hydrogen (secondary N) is 1. The second-order valence-electron chi connectivity index (χ2n) is 7.31. The van der Waals surface area contributed by atoms with E-state index in [-0.39, 0.29) is 5.91 Å². The molecular formula is C22H24N4OS. The standard InChI is InChI=1S/C22H24N4OS/c23-17-10-8-16(9-11-17)18-14-24-22(21(25-18)19-7-4-12-28-19)26-20(27)13-15-5-2-1-3-6-15/h4,7-12,14-15H,1-3,5-6,13,23H2,(H,24,26,27). The summed E-state index contributed by atoms with van der Waals surface area (Å²) in [5.41, 5.74) is 8.91. The molecule has 0 radical (unpaired) electrons. The lowest BCUT2D eigenvalue weighted by Gasteiger charge is -2.21. The third-order valence-electron chi connectivity index (χ3n) is 5.19.